The lowest BCUT2D eigenvalue weighted by molar-refractivity contribution is 0.100. The molecule has 98 valence electrons. The molecule has 2 aromatic rings. The first-order chi connectivity index (χ1) is 9.11. The number of anilines is 1. The molecular formula is C15H16N2O2. The minimum absolute atomic E-state index is 0.270. The van der Waals surface area contributed by atoms with Crippen LogP contribution < -0.4 is 16.2 Å². The summed E-state index contributed by atoms with van der Waals surface area (Å²) in [6.45, 7) is 2.06. The van der Waals surface area contributed by atoms with Crippen LogP contribution in [0.3, 0.4) is 0 Å². The van der Waals surface area contributed by atoms with Crippen LogP contribution in [0.25, 0.3) is 0 Å². The van der Waals surface area contributed by atoms with Gasteiger partial charge in [-0.1, -0.05) is 25.1 Å². The van der Waals surface area contributed by atoms with Gasteiger partial charge in [0.25, 0.3) is 5.91 Å². The molecule has 0 bridgehead atoms. The number of aryl methyl sites for hydroxylation is 1. The molecule has 0 fully saturated rings. The van der Waals surface area contributed by atoms with Crippen molar-refractivity contribution in [1.82, 2.24) is 0 Å². The second kappa shape index (κ2) is 5.44. The normalized spacial score (nSPS) is 10.2. The summed E-state index contributed by atoms with van der Waals surface area (Å²) in [7, 11) is 0. The van der Waals surface area contributed by atoms with Crippen molar-refractivity contribution in [3.63, 3.8) is 0 Å². The van der Waals surface area contributed by atoms with Gasteiger partial charge in [-0.05, 0) is 36.2 Å². The number of carbonyl (C=O) groups is 1. The summed E-state index contributed by atoms with van der Waals surface area (Å²) in [5, 5.41) is 0. The number of carbonyl (C=O) groups excluding carboxylic acids is 1. The predicted molar refractivity (Wildman–Crippen MR) is 75.3 cm³/mol. The van der Waals surface area contributed by atoms with Gasteiger partial charge in [0.15, 0.2) is 0 Å². The summed E-state index contributed by atoms with van der Waals surface area (Å²) in [5.41, 5.74) is 12.7. The van der Waals surface area contributed by atoms with Gasteiger partial charge in [-0.25, -0.2) is 0 Å². The molecule has 0 aliphatic carbocycles. The third-order valence-corrected chi connectivity index (χ3v) is 2.87. The average molecular weight is 256 g/mol. The first kappa shape index (κ1) is 13.0. The maximum absolute atomic E-state index is 11.2. The highest BCUT2D eigenvalue weighted by Crippen LogP contribution is 2.27. The molecule has 0 saturated carbocycles. The fraction of sp³-hybridized carbons (Fsp3) is 0.133. The Hall–Kier alpha value is -2.49. The van der Waals surface area contributed by atoms with E-state index in [1.807, 2.05) is 24.3 Å². The zero-order valence-electron chi connectivity index (χ0n) is 10.7. The van der Waals surface area contributed by atoms with Crippen molar-refractivity contribution in [2.24, 2.45) is 5.73 Å². The van der Waals surface area contributed by atoms with Crippen molar-refractivity contribution >= 4 is 11.6 Å². The van der Waals surface area contributed by atoms with Gasteiger partial charge in [-0.2, -0.15) is 0 Å². The predicted octanol–water partition coefficient (Wildman–Crippen LogP) is 2.72. The molecule has 19 heavy (non-hydrogen) atoms. The lowest BCUT2D eigenvalue weighted by Gasteiger charge is -2.11. The third kappa shape index (κ3) is 2.85. The van der Waals surface area contributed by atoms with E-state index in [4.69, 9.17) is 16.2 Å². The Morgan fingerprint density at radius 2 is 1.95 bits per heavy atom. The maximum Gasteiger partial charge on any atom is 0.250 e. The lowest BCUT2D eigenvalue weighted by Crippen LogP contribution is -2.13. The summed E-state index contributed by atoms with van der Waals surface area (Å²) < 4.78 is 5.78. The molecule has 0 unspecified atom stereocenters. The number of benzene rings is 2. The SMILES string of the molecule is CCc1ccccc1Oc1ccc(N)c(C(N)=O)c1. The van der Waals surface area contributed by atoms with Gasteiger partial charge >= 0.3 is 0 Å². The van der Waals surface area contributed by atoms with E-state index >= 15 is 0 Å². The van der Waals surface area contributed by atoms with Crippen LogP contribution in [0, 0.1) is 0 Å². The van der Waals surface area contributed by atoms with Crippen LogP contribution in [0.2, 0.25) is 0 Å². The van der Waals surface area contributed by atoms with Gasteiger partial charge < -0.3 is 16.2 Å². The topological polar surface area (TPSA) is 78.3 Å². The highest BCUT2D eigenvalue weighted by atomic mass is 16.5. The van der Waals surface area contributed by atoms with Crippen LogP contribution in [0.1, 0.15) is 22.8 Å². The Bertz CT molecular complexity index is 609. The van der Waals surface area contributed by atoms with E-state index in [1.54, 1.807) is 18.2 Å². The van der Waals surface area contributed by atoms with Gasteiger partial charge in [-0.15, -0.1) is 0 Å². The van der Waals surface area contributed by atoms with E-state index in [9.17, 15) is 4.79 Å². The Labute approximate surface area is 112 Å². The molecular weight excluding hydrogens is 240 g/mol. The summed E-state index contributed by atoms with van der Waals surface area (Å²) in [6, 6.07) is 12.6. The first-order valence-corrected chi connectivity index (χ1v) is 6.07. The maximum atomic E-state index is 11.2. The highest BCUT2D eigenvalue weighted by molar-refractivity contribution is 5.98. The molecule has 0 aromatic heterocycles. The van der Waals surface area contributed by atoms with Crippen LogP contribution in [-0.4, -0.2) is 5.91 Å². The van der Waals surface area contributed by atoms with Crippen LogP contribution >= 0.6 is 0 Å². The number of hydrogen-bond acceptors (Lipinski definition) is 3. The first-order valence-electron chi connectivity index (χ1n) is 6.07. The van der Waals surface area contributed by atoms with E-state index in [1.165, 1.54) is 0 Å². The van der Waals surface area contributed by atoms with Gasteiger partial charge in [-0.3, -0.25) is 4.79 Å². The summed E-state index contributed by atoms with van der Waals surface area (Å²) in [5.74, 6) is 0.751. The fourth-order valence-corrected chi connectivity index (χ4v) is 1.83. The van der Waals surface area contributed by atoms with Crippen LogP contribution in [-0.2, 0) is 6.42 Å². The summed E-state index contributed by atoms with van der Waals surface area (Å²) in [6.07, 6.45) is 0.869. The number of nitrogens with two attached hydrogens (primary N) is 2. The Kier molecular flexibility index (Phi) is 3.71. The smallest absolute Gasteiger partial charge is 0.250 e. The van der Waals surface area contributed by atoms with Crippen molar-refractivity contribution in [1.29, 1.82) is 0 Å². The number of para-hydroxylation sites is 1. The zero-order chi connectivity index (χ0) is 13.8. The Morgan fingerprint density at radius 3 is 2.63 bits per heavy atom. The summed E-state index contributed by atoms with van der Waals surface area (Å²) >= 11 is 0. The molecule has 0 spiro atoms. The van der Waals surface area contributed by atoms with Crippen molar-refractivity contribution in [2.75, 3.05) is 5.73 Å². The molecule has 0 heterocycles. The van der Waals surface area contributed by atoms with Crippen LogP contribution in [0.5, 0.6) is 11.5 Å². The largest absolute Gasteiger partial charge is 0.457 e. The number of amides is 1. The van der Waals surface area contributed by atoms with E-state index in [-0.39, 0.29) is 5.56 Å². The molecule has 0 saturated heterocycles. The number of rotatable bonds is 4. The molecule has 2 rings (SSSR count). The molecule has 0 aliphatic rings. The Morgan fingerprint density at radius 1 is 1.21 bits per heavy atom. The highest BCUT2D eigenvalue weighted by Gasteiger charge is 2.09. The van der Waals surface area contributed by atoms with Gasteiger partial charge in [0, 0.05) is 5.69 Å². The van der Waals surface area contributed by atoms with E-state index in [2.05, 4.69) is 6.92 Å². The van der Waals surface area contributed by atoms with E-state index in [0.29, 0.717) is 11.4 Å². The molecule has 1 amide bonds. The molecule has 0 aliphatic heterocycles. The quantitative estimate of drug-likeness (QED) is 0.825. The zero-order valence-corrected chi connectivity index (χ0v) is 10.7. The number of nitrogen functional groups attached to an aromatic ring is 1. The number of hydrogen-bond donors (Lipinski definition) is 2. The second-order valence-corrected chi connectivity index (χ2v) is 4.18. The van der Waals surface area contributed by atoms with Crippen molar-refractivity contribution in [2.45, 2.75) is 13.3 Å². The molecule has 2 aromatic carbocycles. The lowest BCUT2D eigenvalue weighted by atomic mass is 10.1. The van der Waals surface area contributed by atoms with E-state index < -0.39 is 5.91 Å². The molecule has 0 radical (unpaired) electrons. The van der Waals surface area contributed by atoms with Crippen LogP contribution in [0.15, 0.2) is 42.5 Å². The number of primary amides is 1. The molecule has 0 atom stereocenters. The minimum Gasteiger partial charge on any atom is -0.457 e. The van der Waals surface area contributed by atoms with Gasteiger partial charge in [0.05, 0.1) is 5.56 Å². The van der Waals surface area contributed by atoms with Crippen molar-refractivity contribution in [3.8, 4) is 11.5 Å². The molecule has 4 N–H and O–H groups in total. The molecule has 4 heteroatoms. The average Bonchev–Trinajstić information content (AvgIpc) is 2.41. The van der Waals surface area contributed by atoms with Crippen molar-refractivity contribution in [3.05, 3.63) is 53.6 Å². The third-order valence-electron chi connectivity index (χ3n) is 2.87. The fourth-order valence-electron chi connectivity index (χ4n) is 1.83. The second-order valence-electron chi connectivity index (χ2n) is 4.18. The Balaban J connectivity index is 2.33. The van der Waals surface area contributed by atoms with Gasteiger partial charge in [0.2, 0.25) is 0 Å². The summed E-state index contributed by atoms with van der Waals surface area (Å²) in [4.78, 5) is 11.2. The van der Waals surface area contributed by atoms with Crippen molar-refractivity contribution < 1.29 is 9.53 Å². The monoisotopic (exact) mass is 256 g/mol. The standard InChI is InChI=1S/C15H16N2O2/c1-2-10-5-3-4-6-14(10)19-11-7-8-13(16)12(9-11)15(17)18/h3-9H,2,16H2,1H3,(H2,17,18). The van der Waals surface area contributed by atoms with E-state index in [0.717, 1.165) is 17.7 Å². The van der Waals surface area contributed by atoms with Gasteiger partial charge in [0.1, 0.15) is 11.5 Å². The minimum atomic E-state index is -0.563. The number of ether oxygens (including phenoxy) is 1. The molecule has 4 nitrogen and oxygen atoms in total. The van der Waals surface area contributed by atoms with Crippen LogP contribution in [0.4, 0.5) is 5.69 Å².